The number of aliphatic carboxylic acids is 1. The van der Waals surface area contributed by atoms with Gasteiger partial charge in [-0.25, -0.2) is 0 Å². The van der Waals surface area contributed by atoms with Gasteiger partial charge in [0.25, 0.3) is 0 Å². The first kappa shape index (κ1) is 18.5. The predicted molar refractivity (Wildman–Crippen MR) is 97.9 cm³/mol. The lowest BCUT2D eigenvalue weighted by atomic mass is 10.1. The number of aromatic nitrogens is 2. The molecule has 1 atom stereocenters. The first-order valence-corrected chi connectivity index (χ1v) is 8.81. The number of carbonyl (C=O) groups is 1. The molecular weight excluding hydrogens is 379 g/mol. The number of aryl methyl sites for hydroxylation is 1. The van der Waals surface area contributed by atoms with Crippen LogP contribution < -0.4 is 4.74 Å². The lowest BCUT2D eigenvalue weighted by molar-refractivity contribution is -0.136. The number of rotatable bonds is 7. The Balaban J connectivity index is 1.86. The van der Waals surface area contributed by atoms with E-state index in [0.717, 1.165) is 5.69 Å². The van der Waals surface area contributed by atoms with Crippen LogP contribution in [-0.2, 0) is 11.2 Å². The molecule has 1 N–H and O–H groups in total. The minimum atomic E-state index is -0.895. The number of halogens is 2. The zero-order chi connectivity index (χ0) is 18.7. The van der Waals surface area contributed by atoms with Crippen molar-refractivity contribution in [2.45, 2.75) is 32.3 Å². The first-order valence-electron chi connectivity index (χ1n) is 8.05. The Kier molecular flexibility index (Phi) is 5.64. The molecular formula is C18H16Cl2N2O4. The molecule has 0 saturated heterocycles. The van der Waals surface area contributed by atoms with Gasteiger partial charge < -0.3 is 14.4 Å². The number of carboxylic acids is 1. The van der Waals surface area contributed by atoms with Gasteiger partial charge in [-0.15, -0.1) is 0 Å². The fourth-order valence-corrected chi connectivity index (χ4v) is 2.89. The third-order valence-electron chi connectivity index (χ3n) is 3.90. The van der Waals surface area contributed by atoms with Crippen LogP contribution in [0.25, 0.3) is 11.0 Å². The van der Waals surface area contributed by atoms with Gasteiger partial charge in [-0.05, 0) is 24.6 Å². The van der Waals surface area contributed by atoms with Crippen LogP contribution in [0.4, 0.5) is 0 Å². The summed E-state index contributed by atoms with van der Waals surface area (Å²) in [6.45, 7) is 1.98. The van der Waals surface area contributed by atoms with Gasteiger partial charge in [0.15, 0.2) is 5.58 Å². The Morgan fingerprint density at radius 1 is 1.35 bits per heavy atom. The molecule has 0 bridgehead atoms. The normalized spacial score (nSPS) is 12.3. The van der Waals surface area contributed by atoms with Crippen LogP contribution in [0.5, 0.6) is 5.75 Å². The van der Waals surface area contributed by atoms with Crippen LogP contribution in [0.2, 0.25) is 10.0 Å². The van der Waals surface area contributed by atoms with E-state index in [1.165, 1.54) is 0 Å². The van der Waals surface area contributed by atoms with Gasteiger partial charge in [-0.3, -0.25) is 9.78 Å². The summed E-state index contributed by atoms with van der Waals surface area (Å²) in [6.07, 6.45) is 2.20. The monoisotopic (exact) mass is 394 g/mol. The van der Waals surface area contributed by atoms with Crippen molar-refractivity contribution in [3.05, 3.63) is 51.9 Å². The maximum Gasteiger partial charge on any atom is 0.303 e. The average Bonchev–Trinajstić information content (AvgIpc) is 3.00. The molecule has 8 heteroatoms. The van der Waals surface area contributed by atoms with Crippen molar-refractivity contribution in [2.24, 2.45) is 0 Å². The summed E-state index contributed by atoms with van der Waals surface area (Å²) >= 11 is 12.2. The second-order valence-corrected chi connectivity index (χ2v) is 6.56. The molecule has 2 heterocycles. The number of carboxylic acid groups (broad SMARTS) is 1. The minimum absolute atomic E-state index is 0.0301. The van der Waals surface area contributed by atoms with Crippen molar-refractivity contribution in [3.63, 3.8) is 0 Å². The van der Waals surface area contributed by atoms with E-state index >= 15 is 0 Å². The molecule has 0 aliphatic rings. The molecule has 0 fully saturated rings. The topological polar surface area (TPSA) is 85.5 Å². The summed E-state index contributed by atoms with van der Waals surface area (Å²) in [4.78, 5) is 15.0. The highest BCUT2D eigenvalue weighted by Gasteiger charge is 2.18. The highest BCUT2D eigenvalue weighted by molar-refractivity contribution is 6.32. The van der Waals surface area contributed by atoms with E-state index in [2.05, 4.69) is 10.1 Å². The van der Waals surface area contributed by atoms with Gasteiger partial charge in [0.05, 0.1) is 27.9 Å². The van der Waals surface area contributed by atoms with E-state index < -0.39 is 5.97 Å². The molecule has 0 amide bonds. The molecule has 26 heavy (non-hydrogen) atoms. The number of pyridine rings is 1. The summed E-state index contributed by atoms with van der Waals surface area (Å²) in [5, 5.41) is 14.4. The third kappa shape index (κ3) is 4.08. The summed E-state index contributed by atoms with van der Waals surface area (Å²) in [6, 6.07) is 6.91. The fraction of sp³-hybridized carbons (Fsp3) is 0.278. The van der Waals surface area contributed by atoms with E-state index in [1.54, 1.807) is 30.5 Å². The van der Waals surface area contributed by atoms with Crippen LogP contribution in [0.15, 0.2) is 35.0 Å². The van der Waals surface area contributed by atoms with Crippen molar-refractivity contribution in [2.75, 3.05) is 0 Å². The molecule has 0 aliphatic heterocycles. The number of hydrogen-bond acceptors (Lipinski definition) is 5. The smallest absolute Gasteiger partial charge is 0.303 e. The Bertz CT molecular complexity index is 925. The predicted octanol–water partition coefficient (Wildman–Crippen LogP) is 5.08. The number of hydrogen-bond donors (Lipinski definition) is 1. The van der Waals surface area contributed by atoms with Gasteiger partial charge in [-0.1, -0.05) is 35.3 Å². The third-order valence-corrected chi connectivity index (χ3v) is 4.41. The average molecular weight is 395 g/mol. The van der Waals surface area contributed by atoms with E-state index in [-0.39, 0.29) is 18.9 Å². The second kappa shape index (κ2) is 7.93. The second-order valence-electron chi connectivity index (χ2n) is 5.72. The molecule has 2 aromatic heterocycles. The highest BCUT2D eigenvalue weighted by Crippen LogP contribution is 2.35. The highest BCUT2D eigenvalue weighted by atomic mass is 35.5. The van der Waals surface area contributed by atoms with Gasteiger partial charge >= 0.3 is 5.97 Å². The lowest BCUT2D eigenvalue weighted by Gasteiger charge is -2.18. The maximum atomic E-state index is 10.7. The summed E-state index contributed by atoms with van der Waals surface area (Å²) in [7, 11) is 0. The standard InChI is InChI=1S/C18H16Cl2N2O4/c1-2-15(14-4-3-10(19)9-21-14)25-17-8-16-11(7-12(17)20)13(22-26-16)5-6-18(23)24/h3-4,7-9,15H,2,5-6H2,1H3,(H,23,24). The Hall–Kier alpha value is -2.31. The quantitative estimate of drug-likeness (QED) is 0.601. The first-order chi connectivity index (χ1) is 12.5. The summed E-state index contributed by atoms with van der Waals surface area (Å²) < 4.78 is 11.3. The van der Waals surface area contributed by atoms with Gasteiger partial charge in [0.1, 0.15) is 11.9 Å². The molecule has 0 saturated carbocycles. The zero-order valence-electron chi connectivity index (χ0n) is 13.9. The molecule has 3 rings (SSSR count). The molecule has 0 spiro atoms. The Labute approximate surface area is 159 Å². The largest absolute Gasteiger partial charge is 0.482 e. The van der Waals surface area contributed by atoms with E-state index in [0.29, 0.717) is 38.9 Å². The number of nitrogens with zero attached hydrogens (tertiary/aromatic N) is 2. The Morgan fingerprint density at radius 3 is 2.81 bits per heavy atom. The van der Waals surface area contributed by atoms with Crippen LogP contribution in [0.3, 0.4) is 0 Å². The van der Waals surface area contributed by atoms with Crippen LogP contribution in [0, 0.1) is 0 Å². The summed E-state index contributed by atoms with van der Waals surface area (Å²) in [5.41, 5.74) is 1.79. The molecule has 1 unspecified atom stereocenters. The maximum absolute atomic E-state index is 10.7. The molecule has 0 aliphatic carbocycles. The van der Waals surface area contributed by atoms with E-state index in [9.17, 15) is 4.79 Å². The molecule has 1 aromatic carbocycles. The molecule has 6 nitrogen and oxygen atoms in total. The van der Waals surface area contributed by atoms with E-state index in [1.807, 2.05) is 6.92 Å². The van der Waals surface area contributed by atoms with Gasteiger partial charge in [0, 0.05) is 24.1 Å². The van der Waals surface area contributed by atoms with Crippen molar-refractivity contribution in [3.8, 4) is 5.75 Å². The van der Waals surface area contributed by atoms with Crippen LogP contribution >= 0.6 is 23.2 Å². The Morgan fingerprint density at radius 2 is 2.15 bits per heavy atom. The van der Waals surface area contributed by atoms with Crippen molar-refractivity contribution < 1.29 is 19.2 Å². The van der Waals surface area contributed by atoms with Crippen LogP contribution in [-0.4, -0.2) is 21.2 Å². The van der Waals surface area contributed by atoms with Gasteiger partial charge in [-0.2, -0.15) is 0 Å². The summed E-state index contributed by atoms with van der Waals surface area (Å²) in [5.74, 6) is -0.447. The minimum Gasteiger partial charge on any atom is -0.482 e. The number of fused-ring (bicyclic) bond motifs is 1. The SMILES string of the molecule is CCC(Oc1cc2onc(CCC(=O)O)c2cc1Cl)c1ccc(Cl)cn1. The zero-order valence-corrected chi connectivity index (χ0v) is 15.4. The van der Waals surface area contributed by atoms with Crippen LogP contribution in [0.1, 0.15) is 37.3 Å². The molecule has 0 radical (unpaired) electrons. The van der Waals surface area contributed by atoms with Crippen molar-refractivity contribution in [1.82, 2.24) is 10.1 Å². The fourth-order valence-electron chi connectivity index (χ4n) is 2.57. The molecule has 3 aromatic rings. The van der Waals surface area contributed by atoms with Crippen molar-refractivity contribution in [1.29, 1.82) is 0 Å². The number of benzene rings is 1. The van der Waals surface area contributed by atoms with Crippen molar-refractivity contribution >= 4 is 40.1 Å². The van der Waals surface area contributed by atoms with Gasteiger partial charge in [0.2, 0.25) is 0 Å². The molecule has 136 valence electrons. The van der Waals surface area contributed by atoms with E-state index in [4.69, 9.17) is 37.6 Å². The number of ether oxygens (including phenoxy) is 1. The lowest BCUT2D eigenvalue weighted by Crippen LogP contribution is -2.08.